The highest BCUT2D eigenvalue weighted by Crippen LogP contribution is 2.24. The van der Waals surface area contributed by atoms with Crippen molar-refractivity contribution >= 4 is 11.9 Å². The first-order valence-corrected chi connectivity index (χ1v) is 7.68. The molecule has 1 saturated heterocycles. The Kier molecular flexibility index (Phi) is 6.10. The zero-order valence-electron chi connectivity index (χ0n) is 13.4. The lowest BCUT2D eigenvalue weighted by molar-refractivity contribution is -0.148. The lowest BCUT2D eigenvalue weighted by Gasteiger charge is -2.32. The summed E-state index contributed by atoms with van der Waals surface area (Å²) in [5.74, 6) is -1.50. The second-order valence-corrected chi connectivity index (χ2v) is 5.78. The second kappa shape index (κ2) is 8.06. The molecule has 1 aliphatic heterocycles. The predicted octanol–water partition coefficient (Wildman–Crippen LogP) is 1.70. The van der Waals surface area contributed by atoms with Gasteiger partial charge in [0.15, 0.2) is 0 Å². The lowest BCUT2D eigenvalue weighted by Crippen LogP contribution is -2.48. The minimum absolute atomic E-state index is 0.105. The van der Waals surface area contributed by atoms with Gasteiger partial charge in [-0.25, -0.2) is 4.39 Å². The summed E-state index contributed by atoms with van der Waals surface area (Å²) in [5.41, 5.74) is 0.747. The molecule has 0 aromatic heterocycles. The summed E-state index contributed by atoms with van der Waals surface area (Å²) >= 11 is 0. The summed E-state index contributed by atoms with van der Waals surface area (Å²) in [5, 5.41) is 3.24. The van der Waals surface area contributed by atoms with E-state index in [1.165, 1.54) is 26.4 Å². The number of piperidine rings is 1. The van der Waals surface area contributed by atoms with Gasteiger partial charge in [-0.15, -0.1) is 0 Å². The number of ether oxygens (including phenoxy) is 2. The second-order valence-electron chi connectivity index (χ2n) is 5.78. The van der Waals surface area contributed by atoms with Gasteiger partial charge >= 0.3 is 11.9 Å². The van der Waals surface area contributed by atoms with Gasteiger partial charge in [0.2, 0.25) is 0 Å². The van der Waals surface area contributed by atoms with Crippen LogP contribution in [0.1, 0.15) is 18.4 Å². The monoisotopic (exact) mass is 323 g/mol. The number of carbonyl (C=O) groups excluding carboxylic acids is 2. The van der Waals surface area contributed by atoms with E-state index in [0.717, 1.165) is 5.56 Å². The molecular weight excluding hydrogens is 301 g/mol. The molecule has 1 N–H and O–H groups in total. The van der Waals surface area contributed by atoms with E-state index in [-0.39, 0.29) is 29.7 Å². The van der Waals surface area contributed by atoms with Gasteiger partial charge in [-0.05, 0) is 37.0 Å². The highest BCUT2D eigenvalue weighted by Gasteiger charge is 2.34. The van der Waals surface area contributed by atoms with E-state index in [1.54, 1.807) is 12.1 Å². The molecule has 126 valence electrons. The van der Waals surface area contributed by atoms with Crippen molar-refractivity contribution in [3.8, 4) is 0 Å². The maximum Gasteiger partial charge on any atom is 0.310 e. The van der Waals surface area contributed by atoms with E-state index in [4.69, 9.17) is 9.47 Å². The van der Waals surface area contributed by atoms with Gasteiger partial charge in [0, 0.05) is 12.6 Å². The maximum absolute atomic E-state index is 13.3. The van der Waals surface area contributed by atoms with E-state index in [9.17, 15) is 14.0 Å². The van der Waals surface area contributed by atoms with Crippen LogP contribution in [-0.2, 0) is 25.5 Å². The van der Waals surface area contributed by atoms with Crippen LogP contribution in [0.4, 0.5) is 4.39 Å². The summed E-state index contributed by atoms with van der Waals surface area (Å²) in [6, 6.07) is 6.11. The van der Waals surface area contributed by atoms with E-state index in [0.29, 0.717) is 25.8 Å². The van der Waals surface area contributed by atoms with Crippen molar-refractivity contribution in [2.24, 2.45) is 11.8 Å². The smallest absolute Gasteiger partial charge is 0.310 e. The van der Waals surface area contributed by atoms with Crippen molar-refractivity contribution in [3.63, 3.8) is 0 Å². The Morgan fingerprint density at radius 3 is 2.65 bits per heavy atom. The summed E-state index contributed by atoms with van der Waals surface area (Å²) in [6.07, 6.45) is 1.71. The Hall–Kier alpha value is -1.95. The number of nitrogens with one attached hydrogen (secondary N) is 1. The van der Waals surface area contributed by atoms with Gasteiger partial charge in [-0.1, -0.05) is 12.1 Å². The molecule has 1 aromatic rings. The standard InChI is InChI=1S/C17H22FNO4/c1-22-16(20)12-6-7-15(19-10-12)14(17(21)23-2)9-11-4-3-5-13(18)8-11/h3-5,8,12,14-15,19H,6-7,9-10H2,1-2H3. The van der Waals surface area contributed by atoms with Crippen LogP contribution in [0.25, 0.3) is 0 Å². The number of hydrogen-bond acceptors (Lipinski definition) is 5. The molecule has 6 heteroatoms. The van der Waals surface area contributed by atoms with Gasteiger partial charge in [0.05, 0.1) is 26.1 Å². The summed E-state index contributed by atoms with van der Waals surface area (Å²) < 4.78 is 23.0. The van der Waals surface area contributed by atoms with Crippen LogP contribution in [0.15, 0.2) is 24.3 Å². The molecule has 1 aromatic carbocycles. The minimum Gasteiger partial charge on any atom is -0.469 e. The van der Waals surface area contributed by atoms with E-state index < -0.39 is 5.92 Å². The fraction of sp³-hybridized carbons (Fsp3) is 0.529. The fourth-order valence-electron chi connectivity index (χ4n) is 3.05. The molecule has 3 atom stereocenters. The van der Waals surface area contributed by atoms with Crippen LogP contribution in [0.3, 0.4) is 0 Å². The van der Waals surface area contributed by atoms with Crippen LogP contribution in [0.2, 0.25) is 0 Å². The molecule has 0 radical (unpaired) electrons. The number of halogens is 1. The van der Waals surface area contributed by atoms with Crippen LogP contribution in [0, 0.1) is 17.7 Å². The maximum atomic E-state index is 13.3. The molecule has 0 saturated carbocycles. The number of carbonyl (C=O) groups is 2. The molecule has 5 nitrogen and oxygen atoms in total. The van der Waals surface area contributed by atoms with Crippen molar-refractivity contribution in [1.29, 1.82) is 0 Å². The number of benzene rings is 1. The Bertz CT molecular complexity index is 555. The molecule has 0 amide bonds. The van der Waals surface area contributed by atoms with E-state index in [1.807, 2.05) is 0 Å². The summed E-state index contributed by atoms with van der Waals surface area (Å²) in [6.45, 7) is 0.466. The first-order valence-electron chi connectivity index (χ1n) is 7.68. The molecule has 1 heterocycles. The molecule has 1 fully saturated rings. The Balaban J connectivity index is 2.05. The van der Waals surface area contributed by atoms with Gasteiger partial charge < -0.3 is 14.8 Å². The van der Waals surface area contributed by atoms with Crippen molar-refractivity contribution in [2.75, 3.05) is 20.8 Å². The number of methoxy groups -OCH3 is 2. The molecule has 1 aliphatic rings. The van der Waals surface area contributed by atoms with E-state index >= 15 is 0 Å². The van der Waals surface area contributed by atoms with Crippen LogP contribution in [0.5, 0.6) is 0 Å². The Morgan fingerprint density at radius 1 is 1.30 bits per heavy atom. The van der Waals surface area contributed by atoms with E-state index in [2.05, 4.69) is 5.32 Å². The lowest BCUT2D eigenvalue weighted by atomic mass is 9.84. The SMILES string of the molecule is COC(=O)C1CCC(C(Cc2cccc(F)c2)C(=O)OC)NC1. The minimum atomic E-state index is -0.416. The molecular formula is C17H22FNO4. The number of esters is 2. The Morgan fingerprint density at radius 2 is 2.09 bits per heavy atom. The molecule has 2 rings (SSSR count). The van der Waals surface area contributed by atoms with Crippen molar-refractivity contribution in [1.82, 2.24) is 5.32 Å². The normalized spacial score (nSPS) is 22.2. The third-order valence-corrected chi connectivity index (χ3v) is 4.32. The molecule has 3 unspecified atom stereocenters. The third kappa shape index (κ3) is 4.51. The third-order valence-electron chi connectivity index (χ3n) is 4.32. The van der Waals surface area contributed by atoms with Gasteiger partial charge in [-0.2, -0.15) is 0 Å². The molecule has 23 heavy (non-hydrogen) atoms. The first kappa shape index (κ1) is 17.4. The predicted molar refractivity (Wildman–Crippen MR) is 82.1 cm³/mol. The average molecular weight is 323 g/mol. The zero-order valence-corrected chi connectivity index (χ0v) is 13.4. The Labute approximate surface area is 135 Å². The van der Waals surface area contributed by atoms with Crippen molar-refractivity contribution in [3.05, 3.63) is 35.6 Å². The fourth-order valence-corrected chi connectivity index (χ4v) is 3.05. The highest BCUT2D eigenvalue weighted by atomic mass is 19.1. The number of hydrogen-bond donors (Lipinski definition) is 1. The van der Waals surface area contributed by atoms with Gasteiger partial charge in [-0.3, -0.25) is 9.59 Å². The van der Waals surface area contributed by atoms with Crippen LogP contribution < -0.4 is 5.32 Å². The summed E-state index contributed by atoms with van der Waals surface area (Å²) in [7, 11) is 2.72. The van der Waals surface area contributed by atoms with Crippen molar-refractivity contribution < 1.29 is 23.5 Å². The average Bonchev–Trinajstić information content (AvgIpc) is 2.58. The first-order chi connectivity index (χ1) is 11.0. The number of rotatable bonds is 5. The molecule has 0 spiro atoms. The van der Waals surface area contributed by atoms with Gasteiger partial charge in [0.1, 0.15) is 5.82 Å². The molecule has 0 bridgehead atoms. The zero-order chi connectivity index (χ0) is 16.8. The largest absolute Gasteiger partial charge is 0.469 e. The van der Waals surface area contributed by atoms with Gasteiger partial charge in [0.25, 0.3) is 0 Å². The topological polar surface area (TPSA) is 64.6 Å². The van der Waals surface area contributed by atoms with Crippen LogP contribution >= 0.6 is 0 Å². The highest BCUT2D eigenvalue weighted by molar-refractivity contribution is 5.74. The van der Waals surface area contributed by atoms with Crippen molar-refractivity contribution in [2.45, 2.75) is 25.3 Å². The van der Waals surface area contributed by atoms with Crippen LogP contribution in [-0.4, -0.2) is 38.7 Å². The quantitative estimate of drug-likeness (QED) is 0.836. The molecule has 0 aliphatic carbocycles. The summed E-state index contributed by atoms with van der Waals surface area (Å²) in [4.78, 5) is 23.7.